The highest BCUT2D eigenvalue weighted by molar-refractivity contribution is 7.92. The van der Waals surface area contributed by atoms with Gasteiger partial charge in [-0.3, -0.25) is 24.4 Å². The van der Waals surface area contributed by atoms with E-state index in [-0.39, 0.29) is 15.7 Å². The molecule has 41 heavy (non-hydrogen) atoms. The summed E-state index contributed by atoms with van der Waals surface area (Å²) in [4.78, 5) is 26.5. The number of sulfonamides is 1. The van der Waals surface area contributed by atoms with Gasteiger partial charge in [-0.2, -0.15) is 0 Å². The van der Waals surface area contributed by atoms with E-state index in [1.807, 2.05) is 12.3 Å². The molecule has 3 heterocycles. The molecule has 0 aliphatic carbocycles. The number of nitrogens with zero attached hydrogens (tertiary/aromatic N) is 4. The number of aryl methyl sites for hydroxylation is 1. The highest BCUT2D eigenvalue weighted by Crippen LogP contribution is 2.37. The molecule has 1 N–H and O–H groups in total. The Balaban J connectivity index is 1.23. The molecular weight excluding hydrogens is 576 g/mol. The lowest BCUT2D eigenvalue weighted by molar-refractivity contribution is 0.0624. The number of benzene rings is 2. The number of aliphatic imine (C=N–C) groups is 1. The third kappa shape index (κ3) is 6.78. The second-order valence-electron chi connectivity index (χ2n) is 10.5. The Morgan fingerprint density at radius 3 is 2.56 bits per heavy atom. The minimum atomic E-state index is -3.90. The third-order valence-corrected chi connectivity index (χ3v) is 9.39. The number of piperazine rings is 1. The summed E-state index contributed by atoms with van der Waals surface area (Å²) < 4.78 is 34.6. The zero-order valence-electron chi connectivity index (χ0n) is 23.2. The molecule has 3 aromatic rings. The van der Waals surface area contributed by atoms with Crippen LogP contribution in [0.5, 0.6) is 5.75 Å². The van der Waals surface area contributed by atoms with Gasteiger partial charge in [-0.25, -0.2) is 8.42 Å². The average Bonchev–Trinajstić information content (AvgIpc) is 2.96. The number of nitrogens with one attached hydrogen (secondary N) is 1. The molecule has 0 radical (unpaired) electrons. The molecule has 216 valence electrons. The quantitative estimate of drug-likeness (QED) is 0.379. The topological polar surface area (TPSA) is 104 Å². The van der Waals surface area contributed by atoms with E-state index in [4.69, 9.17) is 4.74 Å². The average molecular weight is 612 g/mol. The SMILES string of the molecule is COc1cc(NS(=O)(=O)c2cccc3c2N=CCC3)ccc1C(=O)N1CCN(Cc2ccc(C(C)(P)P)cn2)CC1. The smallest absolute Gasteiger partial charge is 0.264 e. The van der Waals surface area contributed by atoms with Gasteiger partial charge >= 0.3 is 0 Å². The summed E-state index contributed by atoms with van der Waals surface area (Å²) >= 11 is 0. The second-order valence-corrected chi connectivity index (χ2v) is 15.2. The summed E-state index contributed by atoms with van der Waals surface area (Å²) in [6.45, 7) is 5.42. The number of carbonyl (C=O) groups is 1. The molecule has 2 aromatic carbocycles. The van der Waals surface area contributed by atoms with Gasteiger partial charge in [0.25, 0.3) is 15.9 Å². The number of amides is 1. The van der Waals surface area contributed by atoms with Crippen LogP contribution >= 0.6 is 18.5 Å². The molecule has 2 atom stereocenters. The molecule has 2 aliphatic heterocycles. The molecule has 5 rings (SSSR count). The van der Waals surface area contributed by atoms with E-state index < -0.39 is 10.0 Å². The number of hydrogen-bond acceptors (Lipinski definition) is 7. The van der Waals surface area contributed by atoms with Crippen LogP contribution in [0.3, 0.4) is 0 Å². The Hall–Kier alpha value is -2.90. The maximum absolute atomic E-state index is 13.4. The first-order valence-electron chi connectivity index (χ1n) is 13.5. The predicted octanol–water partition coefficient (Wildman–Crippen LogP) is 4.42. The Kier molecular flexibility index (Phi) is 8.76. The number of rotatable bonds is 8. The van der Waals surface area contributed by atoms with Crippen LogP contribution < -0.4 is 9.46 Å². The minimum absolute atomic E-state index is 0.0997. The predicted molar refractivity (Wildman–Crippen MR) is 169 cm³/mol. The maximum Gasteiger partial charge on any atom is 0.264 e. The highest BCUT2D eigenvalue weighted by atomic mass is 32.2. The second kappa shape index (κ2) is 12.1. The summed E-state index contributed by atoms with van der Waals surface area (Å²) in [5, 5.41) is 0. The summed E-state index contributed by atoms with van der Waals surface area (Å²) in [7, 11) is 3.17. The number of ether oxygens (including phenoxy) is 1. The number of fused-ring (bicyclic) bond motifs is 1. The molecule has 1 saturated heterocycles. The van der Waals surface area contributed by atoms with Crippen LogP contribution in [-0.4, -0.2) is 68.6 Å². The summed E-state index contributed by atoms with van der Waals surface area (Å²) in [6.07, 6.45) is 5.19. The van der Waals surface area contributed by atoms with Gasteiger partial charge < -0.3 is 9.64 Å². The van der Waals surface area contributed by atoms with Crippen molar-refractivity contribution < 1.29 is 17.9 Å². The number of methoxy groups -OCH3 is 1. The van der Waals surface area contributed by atoms with Gasteiger partial charge in [0.15, 0.2) is 0 Å². The summed E-state index contributed by atoms with van der Waals surface area (Å²) in [5.41, 5.74) is 4.20. The fraction of sp³-hybridized carbons (Fsp3) is 0.345. The van der Waals surface area contributed by atoms with E-state index in [9.17, 15) is 13.2 Å². The first-order valence-corrected chi connectivity index (χ1v) is 16.1. The van der Waals surface area contributed by atoms with Gasteiger partial charge in [0.2, 0.25) is 0 Å². The molecule has 0 bridgehead atoms. The van der Waals surface area contributed by atoms with Crippen molar-refractivity contribution in [1.82, 2.24) is 14.8 Å². The molecule has 0 saturated carbocycles. The monoisotopic (exact) mass is 611 g/mol. The van der Waals surface area contributed by atoms with E-state index in [0.717, 1.165) is 49.3 Å². The van der Waals surface area contributed by atoms with E-state index in [2.05, 4.69) is 57.1 Å². The fourth-order valence-electron chi connectivity index (χ4n) is 5.00. The summed E-state index contributed by atoms with van der Waals surface area (Å²) in [6, 6.07) is 14.1. The minimum Gasteiger partial charge on any atom is -0.496 e. The molecular formula is C29H35N5O4P2S. The molecule has 9 nitrogen and oxygen atoms in total. The Bertz CT molecular complexity index is 1570. The van der Waals surface area contributed by atoms with Crippen molar-refractivity contribution in [3.63, 3.8) is 0 Å². The van der Waals surface area contributed by atoms with Crippen molar-refractivity contribution in [1.29, 1.82) is 0 Å². The van der Waals surface area contributed by atoms with Crippen molar-refractivity contribution in [3.8, 4) is 5.75 Å². The number of pyridine rings is 1. The van der Waals surface area contributed by atoms with Crippen LogP contribution in [0.15, 0.2) is 64.6 Å². The van der Waals surface area contributed by atoms with Crippen molar-refractivity contribution in [2.75, 3.05) is 38.0 Å². The normalized spacial score (nSPS) is 15.9. The van der Waals surface area contributed by atoms with Crippen molar-refractivity contribution >= 4 is 52.0 Å². The van der Waals surface area contributed by atoms with E-state index >= 15 is 0 Å². The Morgan fingerprint density at radius 1 is 1.10 bits per heavy atom. The van der Waals surface area contributed by atoms with E-state index in [1.165, 1.54) is 7.11 Å². The highest BCUT2D eigenvalue weighted by Gasteiger charge is 2.26. The van der Waals surface area contributed by atoms with Gasteiger partial charge in [-0.05, 0) is 55.2 Å². The molecule has 1 fully saturated rings. The zero-order chi connectivity index (χ0) is 29.2. The van der Waals surface area contributed by atoms with Crippen LogP contribution in [0.1, 0.15) is 40.5 Å². The maximum atomic E-state index is 13.4. The third-order valence-electron chi connectivity index (χ3n) is 7.31. The van der Waals surface area contributed by atoms with Crippen LogP contribution in [0.2, 0.25) is 0 Å². The number of anilines is 1. The lowest BCUT2D eigenvalue weighted by Gasteiger charge is -2.34. The summed E-state index contributed by atoms with van der Waals surface area (Å²) in [5.74, 6) is 0.162. The zero-order valence-corrected chi connectivity index (χ0v) is 26.3. The van der Waals surface area contributed by atoms with Crippen LogP contribution in [0.25, 0.3) is 0 Å². The van der Waals surface area contributed by atoms with Gasteiger partial charge in [0.1, 0.15) is 10.6 Å². The number of para-hydroxylation sites is 1. The largest absolute Gasteiger partial charge is 0.496 e. The van der Waals surface area contributed by atoms with Gasteiger partial charge in [-0.1, -0.05) is 18.2 Å². The molecule has 0 spiro atoms. The van der Waals surface area contributed by atoms with Gasteiger partial charge in [-0.15, -0.1) is 18.5 Å². The van der Waals surface area contributed by atoms with E-state index in [1.54, 1.807) is 41.4 Å². The van der Waals surface area contributed by atoms with Crippen molar-refractivity contribution in [3.05, 3.63) is 77.1 Å². The number of hydrogen-bond donors (Lipinski definition) is 1. The van der Waals surface area contributed by atoms with E-state index in [0.29, 0.717) is 35.8 Å². The first kappa shape index (κ1) is 29.6. The van der Waals surface area contributed by atoms with Crippen molar-refractivity contribution in [2.24, 2.45) is 4.99 Å². The lowest BCUT2D eigenvalue weighted by atomic mass is 10.1. The Morgan fingerprint density at radius 2 is 1.88 bits per heavy atom. The number of aromatic nitrogens is 1. The molecule has 1 aromatic heterocycles. The van der Waals surface area contributed by atoms with Crippen molar-refractivity contribution in [2.45, 2.75) is 36.1 Å². The molecule has 2 unspecified atom stereocenters. The van der Waals surface area contributed by atoms with Gasteiger partial charge in [0, 0.05) is 56.1 Å². The number of carbonyl (C=O) groups excluding carboxylic acids is 1. The fourth-order valence-corrected chi connectivity index (χ4v) is 6.58. The Labute approximate surface area is 246 Å². The lowest BCUT2D eigenvalue weighted by Crippen LogP contribution is -2.48. The van der Waals surface area contributed by atoms with Crippen LogP contribution in [0.4, 0.5) is 11.4 Å². The van der Waals surface area contributed by atoms with Gasteiger partial charge in [0.05, 0.1) is 29.7 Å². The van der Waals surface area contributed by atoms with Crippen LogP contribution in [-0.2, 0) is 27.9 Å². The molecule has 1 amide bonds. The molecule has 2 aliphatic rings. The first-order chi connectivity index (χ1) is 19.5. The van der Waals surface area contributed by atoms with Crippen LogP contribution in [0, 0.1) is 0 Å². The standard InChI is InChI=1S/C29H35N5O4P2S/c1-29(39,40)21-8-9-23(31-18-21)19-33-13-15-34(16-14-33)28(35)24-11-10-22(17-25(24)38-2)32-41(36,37)26-7-3-5-20-6-4-12-30-27(20)26/h3,5,7-12,17-18,32H,4,6,13-16,19,39-40H2,1-2H3. The molecule has 12 heteroatoms.